The maximum Gasteiger partial charge on any atom is 0.339 e. The van der Waals surface area contributed by atoms with E-state index in [0.717, 1.165) is 38.2 Å². The smallest absolute Gasteiger partial charge is 0.339 e. The summed E-state index contributed by atoms with van der Waals surface area (Å²) in [6, 6.07) is 11.5. The zero-order chi connectivity index (χ0) is 25.7. The maximum absolute atomic E-state index is 12.8. The van der Waals surface area contributed by atoms with Crippen LogP contribution in [-0.2, 0) is 10.1 Å². The number of fused-ring (bicyclic) bond motifs is 1. The molecule has 198 valence electrons. The van der Waals surface area contributed by atoms with E-state index < -0.39 is 10.1 Å². The van der Waals surface area contributed by atoms with Crippen LogP contribution in [0.25, 0.3) is 11.0 Å². The molecule has 10 nitrogen and oxygen atoms in total. The highest BCUT2D eigenvalue weighted by atomic mass is 32.2. The molecule has 5 rings (SSSR count). The van der Waals surface area contributed by atoms with E-state index in [1.165, 1.54) is 38.2 Å². The predicted molar refractivity (Wildman–Crippen MR) is 144 cm³/mol. The number of carbonyl (C=O) groups is 1. The molecule has 11 heteroatoms. The number of anilines is 2. The summed E-state index contributed by atoms with van der Waals surface area (Å²) in [7, 11) is -4.01. The molecule has 2 heterocycles. The topological polar surface area (TPSA) is 128 Å². The van der Waals surface area contributed by atoms with Crippen molar-refractivity contribution in [3.05, 3.63) is 42.5 Å². The first-order valence-electron chi connectivity index (χ1n) is 13.0. The molecule has 0 unspecified atom stereocenters. The molecule has 1 aromatic heterocycles. The first kappa shape index (κ1) is 25.3. The lowest BCUT2D eigenvalue weighted by Gasteiger charge is -2.26. The number of hydrogen-bond acceptors (Lipinski definition) is 7. The van der Waals surface area contributed by atoms with Crippen LogP contribution in [0.3, 0.4) is 0 Å². The summed E-state index contributed by atoms with van der Waals surface area (Å²) in [6.07, 6.45) is 8.42. The molecule has 1 saturated carbocycles. The van der Waals surface area contributed by atoms with Gasteiger partial charge in [0.15, 0.2) is 0 Å². The summed E-state index contributed by atoms with van der Waals surface area (Å²) < 4.78 is 31.0. The SMILES string of the molecule is O=C(NCCN1CCCCC1)Nc1nc2cc(OS(=O)(=O)c3ccc(NC4CCCC4)cc3)ccc2[nH]1. The van der Waals surface area contributed by atoms with Crippen molar-refractivity contribution in [3.8, 4) is 5.75 Å². The van der Waals surface area contributed by atoms with Gasteiger partial charge in [-0.25, -0.2) is 9.78 Å². The van der Waals surface area contributed by atoms with Gasteiger partial charge in [0.05, 0.1) is 11.0 Å². The Hall–Kier alpha value is -3.31. The van der Waals surface area contributed by atoms with Gasteiger partial charge in [0, 0.05) is 30.9 Å². The van der Waals surface area contributed by atoms with E-state index in [9.17, 15) is 13.2 Å². The number of imidazole rings is 1. The lowest BCUT2D eigenvalue weighted by atomic mass is 10.1. The average Bonchev–Trinajstić information content (AvgIpc) is 3.54. The van der Waals surface area contributed by atoms with Gasteiger partial charge in [-0.2, -0.15) is 8.42 Å². The van der Waals surface area contributed by atoms with Crippen molar-refractivity contribution in [2.45, 2.75) is 55.9 Å². The van der Waals surface area contributed by atoms with E-state index in [4.69, 9.17) is 4.18 Å². The zero-order valence-corrected chi connectivity index (χ0v) is 21.6. The summed E-state index contributed by atoms with van der Waals surface area (Å²) in [6.45, 7) is 3.54. The second kappa shape index (κ2) is 11.4. The lowest BCUT2D eigenvalue weighted by Crippen LogP contribution is -2.39. The molecule has 1 saturated heterocycles. The molecule has 0 spiro atoms. The van der Waals surface area contributed by atoms with Gasteiger partial charge in [0.1, 0.15) is 10.6 Å². The third-order valence-corrected chi connectivity index (χ3v) is 8.18. The number of aromatic amines is 1. The van der Waals surface area contributed by atoms with E-state index in [0.29, 0.717) is 23.6 Å². The number of likely N-dealkylation sites (tertiary alicyclic amines) is 1. The second-order valence-electron chi connectivity index (χ2n) is 9.74. The highest BCUT2D eigenvalue weighted by Crippen LogP contribution is 2.26. The number of carbonyl (C=O) groups excluding carboxylic acids is 1. The van der Waals surface area contributed by atoms with Crippen LogP contribution in [0.15, 0.2) is 47.4 Å². The van der Waals surface area contributed by atoms with Gasteiger partial charge in [-0.15, -0.1) is 0 Å². The van der Waals surface area contributed by atoms with E-state index in [-0.39, 0.29) is 22.6 Å². The number of urea groups is 1. The molecular weight excluding hydrogens is 492 g/mol. The summed E-state index contributed by atoms with van der Waals surface area (Å²) in [5.41, 5.74) is 2.03. The molecule has 2 aromatic carbocycles. The van der Waals surface area contributed by atoms with Crippen LogP contribution < -0.4 is 20.1 Å². The van der Waals surface area contributed by atoms with Gasteiger partial charge in [-0.3, -0.25) is 5.32 Å². The van der Waals surface area contributed by atoms with Gasteiger partial charge in [0.2, 0.25) is 5.95 Å². The fraction of sp³-hybridized carbons (Fsp3) is 0.462. The third-order valence-electron chi connectivity index (χ3n) is 6.92. The van der Waals surface area contributed by atoms with Crippen LogP contribution in [0.2, 0.25) is 0 Å². The van der Waals surface area contributed by atoms with E-state index in [1.807, 2.05) is 0 Å². The summed E-state index contributed by atoms with van der Waals surface area (Å²) in [4.78, 5) is 22.1. The Morgan fingerprint density at radius 1 is 1.03 bits per heavy atom. The molecular formula is C26H34N6O4S. The highest BCUT2D eigenvalue weighted by molar-refractivity contribution is 7.87. The normalized spacial score (nSPS) is 17.1. The molecule has 37 heavy (non-hydrogen) atoms. The number of rotatable bonds is 9. The van der Waals surface area contributed by atoms with Crippen molar-refractivity contribution in [1.82, 2.24) is 20.2 Å². The van der Waals surface area contributed by atoms with Crippen LogP contribution in [0.5, 0.6) is 5.75 Å². The number of nitrogens with zero attached hydrogens (tertiary/aromatic N) is 2. The fourth-order valence-electron chi connectivity index (χ4n) is 4.96. The second-order valence-corrected chi connectivity index (χ2v) is 11.3. The predicted octanol–water partition coefficient (Wildman–Crippen LogP) is 4.29. The van der Waals surface area contributed by atoms with Gasteiger partial charge in [-0.1, -0.05) is 19.3 Å². The van der Waals surface area contributed by atoms with Crippen LogP contribution in [0.4, 0.5) is 16.4 Å². The molecule has 2 amide bonds. The quantitative estimate of drug-likeness (QED) is 0.306. The van der Waals surface area contributed by atoms with Crippen LogP contribution in [0, 0.1) is 0 Å². The molecule has 1 aliphatic heterocycles. The minimum absolute atomic E-state index is 0.0789. The van der Waals surface area contributed by atoms with E-state index in [2.05, 4.69) is 30.8 Å². The summed E-state index contributed by atoms with van der Waals surface area (Å²) in [5.74, 6) is 0.417. The lowest BCUT2D eigenvalue weighted by molar-refractivity contribution is 0.224. The molecule has 0 radical (unpaired) electrons. The van der Waals surface area contributed by atoms with Gasteiger partial charge < -0.3 is 24.7 Å². The van der Waals surface area contributed by atoms with Crippen LogP contribution >= 0.6 is 0 Å². The highest BCUT2D eigenvalue weighted by Gasteiger charge is 2.19. The maximum atomic E-state index is 12.8. The Morgan fingerprint density at radius 2 is 1.78 bits per heavy atom. The molecule has 1 aliphatic carbocycles. The number of benzene rings is 2. The molecule has 4 N–H and O–H groups in total. The van der Waals surface area contributed by atoms with Crippen molar-refractivity contribution < 1.29 is 17.4 Å². The van der Waals surface area contributed by atoms with Crippen molar-refractivity contribution in [2.75, 3.05) is 36.8 Å². The van der Waals surface area contributed by atoms with Crippen LogP contribution in [-0.4, -0.2) is 61.5 Å². The average molecular weight is 527 g/mol. The summed E-state index contributed by atoms with van der Waals surface area (Å²) >= 11 is 0. The first-order valence-corrected chi connectivity index (χ1v) is 14.4. The van der Waals surface area contributed by atoms with Crippen molar-refractivity contribution in [2.24, 2.45) is 0 Å². The number of amides is 2. The van der Waals surface area contributed by atoms with E-state index in [1.54, 1.807) is 36.4 Å². The van der Waals surface area contributed by atoms with Crippen LogP contribution in [0.1, 0.15) is 44.9 Å². The minimum Gasteiger partial charge on any atom is -0.382 e. The summed E-state index contributed by atoms with van der Waals surface area (Å²) in [5, 5.41) is 8.99. The Kier molecular flexibility index (Phi) is 7.80. The number of H-pyrrole nitrogens is 1. The molecule has 3 aromatic rings. The largest absolute Gasteiger partial charge is 0.382 e. The Balaban J connectivity index is 1.16. The number of piperidine rings is 1. The molecule has 0 atom stereocenters. The third kappa shape index (κ3) is 6.72. The van der Waals surface area contributed by atoms with Gasteiger partial charge in [0.25, 0.3) is 0 Å². The minimum atomic E-state index is -4.01. The molecule has 2 aliphatic rings. The number of nitrogens with one attached hydrogen (secondary N) is 4. The molecule has 2 fully saturated rings. The molecule has 0 bridgehead atoms. The Morgan fingerprint density at radius 3 is 2.54 bits per heavy atom. The standard InChI is InChI=1S/C26H34N6O4S/c33-26(27-14-17-32-15-4-1-5-16-32)31-25-29-23-13-10-21(18-24(23)30-25)36-37(34,35)22-11-8-20(9-12-22)28-19-6-2-3-7-19/h8-13,18-19,28H,1-7,14-17H2,(H3,27,29,30,31,33). The monoisotopic (exact) mass is 526 g/mol. The number of hydrogen-bond donors (Lipinski definition) is 4. The first-order chi connectivity index (χ1) is 17.9. The van der Waals surface area contributed by atoms with Gasteiger partial charge >= 0.3 is 16.1 Å². The number of aromatic nitrogens is 2. The van der Waals surface area contributed by atoms with Crippen molar-refractivity contribution in [3.63, 3.8) is 0 Å². The van der Waals surface area contributed by atoms with Gasteiger partial charge in [-0.05, 0) is 75.2 Å². The van der Waals surface area contributed by atoms with E-state index >= 15 is 0 Å². The van der Waals surface area contributed by atoms with Crippen molar-refractivity contribution in [1.29, 1.82) is 0 Å². The Bertz CT molecular complexity index is 1310. The zero-order valence-electron chi connectivity index (χ0n) is 20.8. The van der Waals surface area contributed by atoms with Crippen molar-refractivity contribution >= 4 is 38.8 Å². The Labute approximate surface area is 217 Å². The fourth-order valence-corrected chi connectivity index (χ4v) is 5.88.